The predicted molar refractivity (Wildman–Crippen MR) is 101 cm³/mol. The van der Waals surface area contributed by atoms with E-state index < -0.39 is 11.7 Å². The van der Waals surface area contributed by atoms with Crippen molar-refractivity contribution in [1.82, 2.24) is 20.1 Å². The van der Waals surface area contributed by atoms with Crippen molar-refractivity contribution in [3.8, 4) is 5.69 Å². The summed E-state index contributed by atoms with van der Waals surface area (Å²) in [6, 6.07) is 13.7. The molecule has 0 bridgehead atoms. The Bertz CT molecular complexity index is 1170. The van der Waals surface area contributed by atoms with Gasteiger partial charge >= 0.3 is 6.18 Å². The lowest BCUT2D eigenvalue weighted by molar-refractivity contribution is -0.137. The number of aromatic nitrogens is 3. The van der Waals surface area contributed by atoms with Crippen LogP contribution in [-0.4, -0.2) is 20.7 Å². The van der Waals surface area contributed by atoms with Gasteiger partial charge in [-0.2, -0.15) is 18.3 Å². The average Bonchev–Trinajstić information content (AvgIpc) is 3.16. The van der Waals surface area contributed by atoms with Crippen LogP contribution >= 0.6 is 0 Å². The number of halogens is 3. The van der Waals surface area contributed by atoms with E-state index in [0.717, 1.165) is 23.3 Å². The monoisotopic (exact) mass is 396 g/mol. The molecule has 0 fully saturated rings. The number of alkyl halides is 3. The van der Waals surface area contributed by atoms with E-state index in [1.165, 1.54) is 12.1 Å². The highest BCUT2D eigenvalue weighted by molar-refractivity contribution is 6.06. The third-order valence-corrected chi connectivity index (χ3v) is 4.47. The molecule has 0 aliphatic heterocycles. The first-order chi connectivity index (χ1) is 13.9. The molecule has 29 heavy (non-hydrogen) atoms. The van der Waals surface area contributed by atoms with Crippen molar-refractivity contribution in [2.24, 2.45) is 0 Å². The van der Waals surface area contributed by atoms with E-state index in [-0.39, 0.29) is 12.5 Å². The number of nitrogens with zero attached hydrogens (tertiary/aromatic N) is 3. The van der Waals surface area contributed by atoms with Crippen LogP contribution in [0.2, 0.25) is 0 Å². The fourth-order valence-electron chi connectivity index (χ4n) is 3.08. The van der Waals surface area contributed by atoms with Gasteiger partial charge in [-0.05, 0) is 42.0 Å². The highest BCUT2D eigenvalue weighted by Gasteiger charge is 2.30. The molecule has 8 heteroatoms. The van der Waals surface area contributed by atoms with Crippen molar-refractivity contribution in [3.05, 3.63) is 89.9 Å². The molecule has 1 amide bonds. The summed E-state index contributed by atoms with van der Waals surface area (Å²) >= 11 is 0. The summed E-state index contributed by atoms with van der Waals surface area (Å²) < 4.78 is 40.2. The zero-order valence-corrected chi connectivity index (χ0v) is 15.0. The lowest BCUT2D eigenvalue weighted by Crippen LogP contribution is -2.23. The molecule has 146 valence electrons. The number of carbonyl (C=O) groups excluding carboxylic acids is 1. The molecule has 0 atom stereocenters. The average molecular weight is 396 g/mol. The van der Waals surface area contributed by atoms with Gasteiger partial charge in [-0.15, -0.1) is 0 Å². The van der Waals surface area contributed by atoms with Crippen molar-refractivity contribution in [2.45, 2.75) is 12.7 Å². The van der Waals surface area contributed by atoms with Crippen molar-refractivity contribution in [3.63, 3.8) is 0 Å². The summed E-state index contributed by atoms with van der Waals surface area (Å²) in [7, 11) is 0. The van der Waals surface area contributed by atoms with E-state index in [0.29, 0.717) is 16.5 Å². The van der Waals surface area contributed by atoms with Gasteiger partial charge in [-0.1, -0.05) is 18.2 Å². The van der Waals surface area contributed by atoms with Crippen LogP contribution in [0.15, 0.2) is 73.2 Å². The first kappa shape index (κ1) is 18.7. The number of fused-ring (bicyclic) bond motifs is 1. The van der Waals surface area contributed by atoms with Crippen LogP contribution in [0.3, 0.4) is 0 Å². The molecule has 0 saturated carbocycles. The molecule has 0 aliphatic rings. The first-order valence-electron chi connectivity index (χ1n) is 8.75. The summed E-state index contributed by atoms with van der Waals surface area (Å²) in [5, 5.41) is 7.68. The van der Waals surface area contributed by atoms with Crippen LogP contribution in [-0.2, 0) is 12.7 Å². The number of hydrogen-bond acceptors (Lipinski definition) is 3. The van der Waals surface area contributed by atoms with Crippen molar-refractivity contribution in [2.75, 3.05) is 0 Å². The van der Waals surface area contributed by atoms with Gasteiger partial charge in [0.05, 0.1) is 28.5 Å². The third-order valence-electron chi connectivity index (χ3n) is 4.47. The van der Waals surface area contributed by atoms with Crippen LogP contribution in [0.5, 0.6) is 0 Å². The molecule has 5 nitrogen and oxygen atoms in total. The number of carbonyl (C=O) groups is 1. The van der Waals surface area contributed by atoms with Crippen LogP contribution in [0, 0.1) is 0 Å². The van der Waals surface area contributed by atoms with Gasteiger partial charge in [0.2, 0.25) is 0 Å². The lowest BCUT2D eigenvalue weighted by Gasteiger charge is -2.10. The second-order valence-electron chi connectivity index (χ2n) is 6.38. The smallest absolute Gasteiger partial charge is 0.348 e. The number of rotatable bonds is 4. The molecule has 0 unspecified atom stereocenters. The molecule has 1 N–H and O–H groups in total. The second kappa shape index (κ2) is 7.38. The van der Waals surface area contributed by atoms with Crippen molar-refractivity contribution >= 4 is 16.8 Å². The maximum atomic E-state index is 12.8. The van der Waals surface area contributed by atoms with Gasteiger partial charge in [0.15, 0.2) is 0 Å². The number of benzene rings is 2. The summed E-state index contributed by atoms with van der Waals surface area (Å²) in [5.74, 6) is -0.387. The molecule has 0 saturated heterocycles. The van der Waals surface area contributed by atoms with Gasteiger partial charge in [0, 0.05) is 24.3 Å². The number of amides is 1. The SMILES string of the molecule is O=C(NCc1cccc(C(F)(F)F)c1)c1cccc2c1cnn2-c1ccncc1. The highest BCUT2D eigenvalue weighted by Crippen LogP contribution is 2.29. The van der Waals surface area contributed by atoms with E-state index >= 15 is 0 Å². The van der Waals surface area contributed by atoms with E-state index in [4.69, 9.17) is 0 Å². The largest absolute Gasteiger partial charge is 0.416 e. The molecule has 2 aromatic heterocycles. The topological polar surface area (TPSA) is 59.8 Å². The van der Waals surface area contributed by atoms with Gasteiger partial charge in [-0.25, -0.2) is 4.68 Å². The molecule has 2 heterocycles. The molecular formula is C21H15F3N4O. The van der Waals surface area contributed by atoms with Crippen LogP contribution in [0.4, 0.5) is 13.2 Å². The highest BCUT2D eigenvalue weighted by atomic mass is 19.4. The van der Waals surface area contributed by atoms with Crippen LogP contribution in [0.25, 0.3) is 16.6 Å². The van der Waals surface area contributed by atoms with Gasteiger partial charge in [-0.3, -0.25) is 9.78 Å². The zero-order valence-electron chi connectivity index (χ0n) is 15.0. The van der Waals surface area contributed by atoms with E-state index in [1.54, 1.807) is 47.5 Å². The molecule has 0 aliphatic carbocycles. The Hall–Kier alpha value is -3.68. The molecule has 0 spiro atoms. The van der Waals surface area contributed by atoms with Crippen LogP contribution in [0.1, 0.15) is 21.5 Å². The van der Waals surface area contributed by atoms with Gasteiger partial charge in [0.1, 0.15) is 0 Å². The zero-order chi connectivity index (χ0) is 20.4. The fraction of sp³-hybridized carbons (Fsp3) is 0.0952. The van der Waals surface area contributed by atoms with Gasteiger partial charge in [0.25, 0.3) is 5.91 Å². The Morgan fingerprint density at radius 1 is 1.03 bits per heavy atom. The van der Waals surface area contributed by atoms with E-state index in [1.807, 2.05) is 6.07 Å². The summed E-state index contributed by atoms with van der Waals surface area (Å²) in [6.45, 7) is -0.0162. The maximum absolute atomic E-state index is 12.8. The maximum Gasteiger partial charge on any atom is 0.416 e. The quantitative estimate of drug-likeness (QED) is 0.557. The Balaban J connectivity index is 1.58. The van der Waals surface area contributed by atoms with Crippen molar-refractivity contribution < 1.29 is 18.0 Å². The number of pyridine rings is 1. The lowest BCUT2D eigenvalue weighted by atomic mass is 10.1. The van der Waals surface area contributed by atoms with E-state index in [2.05, 4.69) is 15.4 Å². The Labute approximate surface area is 163 Å². The van der Waals surface area contributed by atoms with E-state index in [9.17, 15) is 18.0 Å². The van der Waals surface area contributed by atoms with Crippen LogP contribution < -0.4 is 5.32 Å². The predicted octanol–water partition coefficient (Wildman–Crippen LogP) is 4.37. The minimum absolute atomic E-state index is 0.0162. The summed E-state index contributed by atoms with van der Waals surface area (Å²) in [6.07, 6.45) is 0.463. The minimum Gasteiger partial charge on any atom is -0.348 e. The Kier molecular flexibility index (Phi) is 4.75. The van der Waals surface area contributed by atoms with Crippen molar-refractivity contribution in [1.29, 1.82) is 0 Å². The summed E-state index contributed by atoms with van der Waals surface area (Å²) in [5.41, 5.74) is 1.56. The molecular weight excluding hydrogens is 381 g/mol. The number of hydrogen-bond donors (Lipinski definition) is 1. The Morgan fingerprint density at radius 3 is 2.55 bits per heavy atom. The second-order valence-corrected chi connectivity index (χ2v) is 6.38. The minimum atomic E-state index is -4.42. The van der Waals surface area contributed by atoms with Gasteiger partial charge < -0.3 is 5.32 Å². The fourth-order valence-corrected chi connectivity index (χ4v) is 3.08. The summed E-state index contributed by atoms with van der Waals surface area (Å²) in [4.78, 5) is 16.7. The normalized spacial score (nSPS) is 11.6. The molecule has 2 aromatic carbocycles. The molecule has 4 aromatic rings. The molecule has 0 radical (unpaired) electrons. The third kappa shape index (κ3) is 3.82. The standard InChI is InChI=1S/C21H15F3N4O/c22-21(23,24)15-4-1-3-14(11-15)12-26-20(29)17-5-2-6-19-18(17)13-27-28(19)16-7-9-25-10-8-16/h1-11,13H,12H2,(H,26,29). The Morgan fingerprint density at radius 2 is 1.79 bits per heavy atom. The first-order valence-corrected chi connectivity index (χ1v) is 8.75. The molecule has 4 rings (SSSR count). The number of nitrogens with one attached hydrogen (secondary N) is 1.